The lowest BCUT2D eigenvalue weighted by molar-refractivity contribution is -0.131. The minimum absolute atomic E-state index is 0.114. The van der Waals surface area contributed by atoms with Gasteiger partial charge in [0.15, 0.2) is 0 Å². The van der Waals surface area contributed by atoms with Crippen molar-refractivity contribution >= 4 is 11.6 Å². The van der Waals surface area contributed by atoms with E-state index in [-0.39, 0.29) is 6.10 Å². The number of likely N-dealkylation sites (tertiary alicyclic amines) is 1. The molecule has 0 unspecified atom stereocenters. The second kappa shape index (κ2) is 8.75. The standard InChI is InChI=1S/C25H33ClN2O/c1-18(2)21-15-25(17-29-24(21)20-8-4-5-9-22(20)26)10-13-28(14-11-25)16-23-19(3)7-6-12-27-23/h4-9,12,18,21,24H,10-11,13-17H2,1-3H3/t21-,24-/m1/s1. The number of piperidine rings is 1. The highest BCUT2D eigenvalue weighted by Gasteiger charge is 2.45. The molecule has 2 atom stereocenters. The second-order valence-corrected chi connectivity index (χ2v) is 9.82. The maximum Gasteiger partial charge on any atom is 0.0870 e. The maximum absolute atomic E-state index is 6.57. The molecule has 0 aliphatic carbocycles. The zero-order chi connectivity index (χ0) is 20.4. The van der Waals surface area contributed by atoms with Crippen molar-refractivity contribution in [1.82, 2.24) is 9.88 Å². The lowest BCUT2D eigenvalue weighted by Gasteiger charge is -2.50. The molecular weight excluding hydrogens is 380 g/mol. The third kappa shape index (κ3) is 4.52. The molecule has 2 saturated heterocycles. The molecule has 29 heavy (non-hydrogen) atoms. The topological polar surface area (TPSA) is 25.4 Å². The monoisotopic (exact) mass is 412 g/mol. The first-order chi connectivity index (χ1) is 14.0. The highest BCUT2D eigenvalue weighted by molar-refractivity contribution is 6.31. The van der Waals surface area contributed by atoms with Gasteiger partial charge >= 0.3 is 0 Å². The van der Waals surface area contributed by atoms with Crippen LogP contribution in [-0.4, -0.2) is 29.6 Å². The Morgan fingerprint density at radius 1 is 1.17 bits per heavy atom. The molecular formula is C25H33ClN2O. The molecule has 0 amide bonds. The van der Waals surface area contributed by atoms with Crippen LogP contribution in [0.3, 0.4) is 0 Å². The summed E-state index contributed by atoms with van der Waals surface area (Å²) < 4.78 is 6.57. The van der Waals surface area contributed by atoms with Crippen LogP contribution in [0.1, 0.15) is 56.0 Å². The molecule has 4 heteroatoms. The van der Waals surface area contributed by atoms with E-state index in [2.05, 4.69) is 48.9 Å². The van der Waals surface area contributed by atoms with E-state index >= 15 is 0 Å². The van der Waals surface area contributed by atoms with Crippen LogP contribution < -0.4 is 0 Å². The van der Waals surface area contributed by atoms with Crippen LogP contribution in [0, 0.1) is 24.2 Å². The van der Waals surface area contributed by atoms with Crippen LogP contribution >= 0.6 is 11.6 Å². The Bertz CT molecular complexity index is 829. The zero-order valence-corrected chi connectivity index (χ0v) is 18.7. The summed E-state index contributed by atoms with van der Waals surface area (Å²) in [6.07, 6.45) is 5.67. The van der Waals surface area contributed by atoms with Crippen molar-refractivity contribution in [3.05, 3.63) is 64.4 Å². The number of aryl methyl sites for hydroxylation is 1. The number of rotatable bonds is 4. The van der Waals surface area contributed by atoms with Crippen LogP contribution in [0.5, 0.6) is 0 Å². The Morgan fingerprint density at radius 2 is 1.93 bits per heavy atom. The molecule has 3 nitrogen and oxygen atoms in total. The van der Waals surface area contributed by atoms with Crippen LogP contribution in [0.25, 0.3) is 0 Å². The fourth-order valence-corrected chi connectivity index (χ4v) is 5.34. The van der Waals surface area contributed by atoms with E-state index in [0.717, 1.165) is 36.8 Å². The Kier molecular flexibility index (Phi) is 6.29. The molecule has 156 valence electrons. The zero-order valence-electron chi connectivity index (χ0n) is 17.9. The van der Waals surface area contributed by atoms with E-state index in [1.807, 2.05) is 24.4 Å². The van der Waals surface area contributed by atoms with Crippen LogP contribution in [0.2, 0.25) is 5.02 Å². The van der Waals surface area contributed by atoms with Crippen molar-refractivity contribution in [3.63, 3.8) is 0 Å². The van der Waals surface area contributed by atoms with E-state index in [9.17, 15) is 0 Å². The lowest BCUT2D eigenvalue weighted by Crippen LogP contribution is -2.47. The summed E-state index contributed by atoms with van der Waals surface area (Å²) in [7, 11) is 0. The highest BCUT2D eigenvalue weighted by Crippen LogP contribution is 2.50. The van der Waals surface area contributed by atoms with Gasteiger partial charge in [-0.15, -0.1) is 0 Å². The normalized spacial score (nSPS) is 24.9. The fraction of sp³-hybridized carbons (Fsp3) is 0.560. The van der Waals surface area contributed by atoms with Gasteiger partial charge in [-0.3, -0.25) is 9.88 Å². The van der Waals surface area contributed by atoms with Crippen molar-refractivity contribution in [1.29, 1.82) is 0 Å². The molecule has 3 heterocycles. The molecule has 0 bridgehead atoms. The van der Waals surface area contributed by atoms with Crippen molar-refractivity contribution in [2.75, 3.05) is 19.7 Å². The number of hydrogen-bond donors (Lipinski definition) is 0. The quantitative estimate of drug-likeness (QED) is 0.610. The smallest absolute Gasteiger partial charge is 0.0870 e. The Balaban J connectivity index is 1.43. The molecule has 1 spiro atoms. The summed E-state index contributed by atoms with van der Waals surface area (Å²) in [5.74, 6) is 1.08. The summed E-state index contributed by atoms with van der Waals surface area (Å²) in [5, 5.41) is 0.833. The van der Waals surface area contributed by atoms with Crippen molar-refractivity contribution < 1.29 is 4.74 Å². The molecule has 2 fully saturated rings. The summed E-state index contributed by atoms with van der Waals surface area (Å²) >= 11 is 6.52. The van der Waals surface area contributed by atoms with Crippen molar-refractivity contribution in [3.8, 4) is 0 Å². The summed E-state index contributed by atoms with van der Waals surface area (Å²) in [6.45, 7) is 10.9. The van der Waals surface area contributed by atoms with Gasteiger partial charge in [0.25, 0.3) is 0 Å². The van der Waals surface area contributed by atoms with Gasteiger partial charge in [0.05, 0.1) is 18.4 Å². The molecule has 0 N–H and O–H groups in total. The van der Waals surface area contributed by atoms with Gasteiger partial charge in [-0.05, 0) is 79.8 Å². The van der Waals surface area contributed by atoms with Crippen LogP contribution in [0.4, 0.5) is 0 Å². The predicted molar refractivity (Wildman–Crippen MR) is 119 cm³/mol. The average molecular weight is 413 g/mol. The largest absolute Gasteiger partial charge is 0.373 e. The molecule has 4 rings (SSSR count). The van der Waals surface area contributed by atoms with Gasteiger partial charge in [0, 0.05) is 17.8 Å². The molecule has 0 radical (unpaired) electrons. The number of aromatic nitrogens is 1. The fourth-order valence-electron chi connectivity index (χ4n) is 5.10. The number of benzene rings is 1. The van der Waals surface area contributed by atoms with Gasteiger partial charge in [-0.2, -0.15) is 0 Å². The van der Waals surface area contributed by atoms with Gasteiger partial charge in [0.1, 0.15) is 0 Å². The van der Waals surface area contributed by atoms with Crippen LogP contribution in [-0.2, 0) is 11.3 Å². The van der Waals surface area contributed by atoms with Gasteiger partial charge in [0.2, 0.25) is 0 Å². The number of halogens is 1. The minimum atomic E-state index is 0.114. The first-order valence-corrected chi connectivity index (χ1v) is 11.3. The van der Waals surface area contributed by atoms with Gasteiger partial charge < -0.3 is 4.74 Å². The number of pyridine rings is 1. The Hall–Kier alpha value is -1.42. The molecule has 1 aromatic heterocycles. The van der Waals surface area contributed by atoms with Crippen LogP contribution in [0.15, 0.2) is 42.6 Å². The summed E-state index contributed by atoms with van der Waals surface area (Å²) in [5.41, 5.74) is 3.96. The second-order valence-electron chi connectivity index (χ2n) is 9.41. The first kappa shape index (κ1) is 20.8. The molecule has 1 aromatic carbocycles. The molecule has 0 saturated carbocycles. The maximum atomic E-state index is 6.57. The molecule has 2 aromatic rings. The van der Waals surface area contributed by atoms with E-state index in [1.54, 1.807) is 0 Å². The third-order valence-electron chi connectivity index (χ3n) is 7.10. The van der Waals surface area contributed by atoms with E-state index in [0.29, 0.717) is 17.3 Å². The Labute approximate surface area is 180 Å². The third-order valence-corrected chi connectivity index (χ3v) is 7.45. The van der Waals surface area contributed by atoms with Gasteiger partial charge in [-0.1, -0.05) is 49.7 Å². The highest BCUT2D eigenvalue weighted by atomic mass is 35.5. The van der Waals surface area contributed by atoms with Crippen molar-refractivity contribution in [2.24, 2.45) is 17.3 Å². The molecule has 2 aliphatic heterocycles. The number of ether oxygens (including phenoxy) is 1. The van der Waals surface area contributed by atoms with E-state index in [4.69, 9.17) is 16.3 Å². The Morgan fingerprint density at radius 3 is 2.62 bits per heavy atom. The van der Waals surface area contributed by atoms with E-state index < -0.39 is 0 Å². The predicted octanol–water partition coefficient (Wildman–Crippen LogP) is 6.06. The summed E-state index contributed by atoms with van der Waals surface area (Å²) in [6, 6.07) is 12.4. The summed E-state index contributed by atoms with van der Waals surface area (Å²) in [4.78, 5) is 7.15. The minimum Gasteiger partial charge on any atom is -0.373 e. The number of nitrogens with zero attached hydrogens (tertiary/aromatic N) is 2. The van der Waals surface area contributed by atoms with Crippen molar-refractivity contribution in [2.45, 2.75) is 52.7 Å². The van der Waals surface area contributed by atoms with Gasteiger partial charge in [-0.25, -0.2) is 0 Å². The SMILES string of the molecule is Cc1cccnc1CN1CCC2(CC1)CO[C@H](c1ccccc1Cl)[C@@H](C(C)C)C2. The number of hydrogen-bond acceptors (Lipinski definition) is 3. The first-order valence-electron chi connectivity index (χ1n) is 11.0. The lowest BCUT2D eigenvalue weighted by atomic mass is 9.66. The average Bonchev–Trinajstić information content (AvgIpc) is 2.72. The molecule has 2 aliphatic rings. The van der Waals surface area contributed by atoms with E-state index in [1.165, 1.54) is 30.5 Å².